The van der Waals surface area contributed by atoms with Crippen molar-refractivity contribution in [2.45, 2.75) is 44.8 Å². The number of pyridine rings is 1. The van der Waals surface area contributed by atoms with Crippen molar-refractivity contribution in [3.63, 3.8) is 0 Å². The molecule has 0 radical (unpaired) electrons. The Bertz CT molecular complexity index is 366. The third-order valence-corrected chi connectivity index (χ3v) is 3.84. The van der Waals surface area contributed by atoms with Crippen molar-refractivity contribution in [3.05, 3.63) is 23.9 Å². The minimum absolute atomic E-state index is 0.510. The van der Waals surface area contributed by atoms with Crippen molar-refractivity contribution >= 4 is 0 Å². The first kappa shape index (κ1) is 13.3. The molecule has 0 amide bonds. The summed E-state index contributed by atoms with van der Waals surface area (Å²) < 4.78 is 5.08. The van der Waals surface area contributed by atoms with E-state index in [1.165, 1.54) is 24.8 Å². The third-order valence-electron chi connectivity index (χ3n) is 3.84. The minimum Gasteiger partial charge on any atom is -0.481 e. The Balaban J connectivity index is 2.05. The standard InChI is InChI=1S/C14H23N3O/c1-11-4-3-5-13(8-15)17(11)10-12-6-7-14(18-2)16-9-12/h6-7,9,11,13H,3-5,8,10,15H2,1-2H3. The van der Waals surface area contributed by atoms with Gasteiger partial charge in [-0.05, 0) is 25.3 Å². The summed E-state index contributed by atoms with van der Waals surface area (Å²) in [6, 6.07) is 5.12. The molecule has 2 rings (SSSR count). The Hall–Kier alpha value is -1.13. The van der Waals surface area contributed by atoms with Crippen molar-refractivity contribution in [2.75, 3.05) is 13.7 Å². The van der Waals surface area contributed by atoms with Gasteiger partial charge in [-0.3, -0.25) is 4.90 Å². The van der Waals surface area contributed by atoms with Crippen LogP contribution in [-0.4, -0.2) is 35.6 Å². The van der Waals surface area contributed by atoms with Crippen molar-refractivity contribution in [3.8, 4) is 5.88 Å². The van der Waals surface area contributed by atoms with Crippen molar-refractivity contribution in [2.24, 2.45) is 5.73 Å². The molecule has 4 heteroatoms. The average molecular weight is 249 g/mol. The molecular formula is C14H23N3O. The molecule has 1 aromatic rings. The predicted octanol–water partition coefficient (Wildman–Crippen LogP) is 1.79. The van der Waals surface area contributed by atoms with Crippen LogP contribution in [0.25, 0.3) is 0 Å². The molecule has 1 aromatic heterocycles. The van der Waals surface area contributed by atoms with Gasteiger partial charge in [-0.1, -0.05) is 12.5 Å². The number of piperidine rings is 1. The fraction of sp³-hybridized carbons (Fsp3) is 0.643. The summed E-state index contributed by atoms with van der Waals surface area (Å²) in [6.45, 7) is 3.97. The fourth-order valence-electron chi connectivity index (χ4n) is 2.71. The number of nitrogens with zero attached hydrogens (tertiary/aromatic N) is 2. The van der Waals surface area contributed by atoms with Gasteiger partial charge in [0.15, 0.2) is 0 Å². The second kappa shape index (κ2) is 6.16. The molecule has 2 N–H and O–H groups in total. The highest BCUT2D eigenvalue weighted by Crippen LogP contribution is 2.24. The lowest BCUT2D eigenvalue weighted by Gasteiger charge is -2.40. The summed E-state index contributed by atoms with van der Waals surface area (Å²) in [6.07, 6.45) is 5.67. The minimum atomic E-state index is 0.510. The van der Waals surface area contributed by atoms with Gasteiger partial charge in [0.05, 0.1) is 7.11 Å². The molecule has 0 bridgehead atoms. The van der Waals surface area contributed by atoms with E-state index in [-0.39, 0.29) is 0 Å². The molecule has 2 unspecified atom stereocenters. The quantitative estimate of drug-likeness (QED) is 0.884. The first-order chi connectivity index (χ1) is 8.74. The SMILES string of the molecule is COc1ccc(CN2C(C)CCCC2CN)cn1. The second-order valence-electron chi connectivity index (χ2n) is 5.05. The lowest BCUT2D eigenvalue weighted by molar-refractivity contribution is 0.0891. The summed E-state index contributed by atoms with van der Waals surface area (Å²) in [5, 5.41) is 0. The van der Waals surface area contributed by atoms with Gasteiger partial charge in [-0.15, -0.1) is 0 Å². The molecule has 1 saturated heterocycles. The molecule has 0 aromatic carbocycles. The third kappa shape index (κ3) is 3.00. The Morgan fingerprint density at radius 2 is 2.28 bits per heavy atom. The van der Waals surface area contributed by atoms with Crippen LogP contribution in [0.1, 0.15) is 31.7 Å². The van der Waals surface area contributed by atoms with Crippen LogP contribution in [0.4, 0.5) is 0 Å². The molecule has 2 heterocycles. The Morgan fingerprint density at radius 1 is 1.44 bits per heavy atom. The lowest BCUT2D eigenvalue weighted by Crippen LogP contribution is -2.48. The molecule has 1 aliphatic rings. The van der Waals surface area contributed by atoms with Crippen molar-refractivity contribution in [1.29, 1.82) is 0 Å². The number of nitrogens with two attached hydrogens (primary N) is 1. The number of ether oxygens (including phenoxy) is 1. The van der Waals surface area contributed by atoms with Gasteiger partial charge in [0.1, 0.15) is 0 Å². The highest BCUT2D eigenvalue weighted by atomic mass is 16.5. The average Bonchev–Trinajstić information content (AvgIpc) is 2.42. The first-order valence-electron chi connectivity index (χ1n) is 6.69. The summed E-state index contributed by atoms with van der Waals surface area (Å²) in [5.74, 6) is 0.667. The monoisotopic (exact) mass is 249 g/mol. The van der Waals surface area contributed by atoms with Crippen molar-refractivity contribution in [1.82, 2.24) is 9.88 Å². The second-order valence-corrected chi connectivity index (χ2v) is 5.05. The zero-order chi connectivity index (χ0) is 13.0. The zero-order valence-electron chi connectivity index (χ0n) is 11.3. The van der Waals surface area contributed by atoms with E-state index >= 15 is 0 Å². The van der Waals surface area contributed by atoms with Crippen LogP contribution < -0.4 is 10.5 Å². The van der Waals surface area contributed by atoms with Gasteiger partial charge < -0.3 is 10.5 Å². The summed E-state index contributed by atoms with van der Waals surface area (Å²) in [4.78, 5) is 6.77. The molecule has 100 valence electrons. The fourth-order valence-corrected chi connectivity index (χ4v) is 2.71. The van der Waals surface area contributed by atoms with Gasteiger partial charge in [0, 0.05) is 37.4 Å². The number of rotatable bonds is 4. The largest absolute Gasteiger partial charge is 0.481 e. The van der Waals surface area contributed by atoms with E-state index in [2.05, 4.69) is 22.9 Å². The molecule has 0 saturated carbocycles. The van der Waals surface area contributed by atoms with E-state index in [0.29, 0.717) is 18.0 Å². The van der Waals surface area contributed by atoms with Gasteiger partial charge in [-0.25, -0.2) is 4.98 Å². The van der Waals surface area contributed by atoms with Crippen LogP contribution in [-0.2, 0) is 6.54 Å². The van der Waals surface area contributed by atoms with Crippen LogP contribution in [0.5, 0.6) is 5.88 Å². The van der Waals surface area contributed by atoms with E-state index in [1.54, 1.807) is 7.11 Å². The highest BCUT2D eigenvalue weighted by Gasteiger charge is 2.26. The summed E-state index contributed by atoms with van der Waals surface area (Å²) in [7, 11) is 1.64. The molecule has 18 heavy (non-hydrogen) atoms. The van der Waals surface area contributed by atoms with E-state index in [4.69, 9.17) is 10.5 Å². The van der Waals surface area contributed by atoms with E-state index in [9.17, 15) is 0 Å². The van der Waals surface area contributed by atoms with Crippen LogP contribution in [0.2, 0.25) is 0 Å². The van der Waals surface area contributed by atoms with Crippen LogP contribution in [0, 0.1) is 0 Å². The maximum Gasteiger partial charge on any atom is 0.212 e. The lowest BCUT2D eigenvalue weighted by atomic mass is 9.96. The number of hydrogen-bond donors (Lipinski definition) is 1. The molecule has 0 aliphatic carbocycles. The van der Waals surface area contributed by atoms with E-state index in [0.717, 1.165) is 13.1 Å². The van der Waals surface area contributed by atoms with Gasteiger partial charge >= 0.3 is 0 Å². The zero-order valence-corrected chi connectivity index (χ0v) is 11.3. The van der Waals surface area contributed by atoms with Crippen LogP contribution in [0.3, 0.4) is 0 Å². The number of methoxy groups -OCH3 is 1. The number of aromatic nitrogens is 1. The Labute approximate surface area is 109 Å². The Morgan fingerprint density at radius 3 is 2.89 bits per heavy atom. The number of likely N-dealkylation sites (tertiary alicyclic amines) is 1. The van der Waals surface area contributed by atoms with Gasteiger partial charge in [0.2, 0.25) is 5.88 Å². The van der Waals surface area contributed by atoms with Gasteiger partial charge in [-0.2, -0.15) is 0 Å². The maximum absolute atomic E-state index is 5.88. The Kier molecular flexibility index (Phi) is 4.55. The maximum atomic E-state index is 5.88. The predicted molar refractivity (Wildman–Crippen MR) is 72.5 cm³/mol. The molecule has 1 aliphatic heterocycles. The van der Waals surface area contributed by atoms with Crippen molar-refractivity contribution < 1.29 is 4.74 Å². The molecular weight excluding hydrogens is 226 g/mol. The summed E-state index contributed by atoms with van der Waals surface area (Å²) >= 11 is 0. The molecule has 2 atom stereocenters. The van der Waals surface area contributed by atoms with Crippen LogP contribution >= 0.6 is 0 Å². The molecule has 1 fully saturated rings. The van der Waals surface area contributed by atoms with Crippen LogP contribution in [0.15, 0.2) is 18.3 Å². The van der Waals surface area contributed by atoms with E-state index < -0.39 is 0 Å². The first-order valence-corrected chi connectivity index (χ1v) is 6.69. The number of hydrogen-bond acceptors (Lipinski definition) is 4. The molecule has 4 nitrogen and oxygen atoms in total. The normalized spacial score (nSPS) is 25.1. The summed E-state index contributed by atoms with van der Waals surface area (Å²) in [5.41, 5.74) is 7.10. The van der Waals surface area contributed by atoms with E-state index in [1.807, 2.05) is 12.3 Å². The smallest absolute Gasteiger partial charge is 0.212 e. The molecule has 0 spiro atoms. The topological polar surface area (TPSA) is 51.4 Å². The van der Waals surface area contributed by atoms with Gasteiger partial charge in [0.25, 0.3) is 0 Å². The highest BCUT2D eigenvalue weighted by molar-refractivity contribution is 5.18.